The lowest BCUT2D eigenvalue weighted by Crippen LogP contribution is -2.37. The minimum atomic E-state index is -0.336. The Morgan fingerprint density at radius 1 is 1.26 bits per heavy atom. The van der Waals surface area contributed by atoms with E-state index in [1.54, 1.807) is 17.0 Å². The van der Waals surface area contributed by atoms with Gasteiger partial charge in [0.1, 0.15) is 5.82 Å². The molecule has 3 rings (SSSR count). The quantitative estimate of drug-likeness (QED) is 0.589. The Morgan fingerprint density at radius 2 is 2.00 bits per heavy atom. The van der Waals surface area contributed by atoms with E-state index in [1.807, 2.05) is 31.2 Å². The zero-order chi connectivity index (χ0) is 19.4. The molecule has 1 heterocycles. The van der Waals surface area contributed by atoms with Gasteiger partial charge in [0.2, 0.25) is 0 Å². The van der Waals surface area contributed by atoms with Crippen LogP contribution in [0.4, 0.5) is 10.1 Å². The Kier molecular flexibility index (Phi) is 5.83. The van der Waals surface area contributed by atoms with Crippen molar-refractivity contribution >= 4 is 33.9 Å². The number of aromatic nitrogens is 1. The first-order chi connectivity index (χ1) is 13.0. The molecule has 0 radical (unpaired) electrons. The number of H-pyrrole nitrogens is 1. The van der Waals surface area contributed by atoms with E-state index in [1.165, 1.54) is 12.1 Å². The summed E-state index contributed by atoms with van der Waals surface area (Å²) in [5, 5.41) is 13.7. The maximum absolute atomic E-state index is 13.0. The molecule has 0 fully saturated rings. The van der Waals surface area contributed by atoms with Crippen LogP contribution < -0.4 is 10.9 Å². The fourth-order valence-corrected chi connectivity index (χ4v) is 3.13. The lowest BCUT2D eigenvalue weighted by molar-refractivity contribution is 0.248. The van der Waals surface area contributed by atoms with Gasteiger partial charge in [-0.1, -0.05) is 18.2 Å². The first-order valence-electron chi connectivity index (χ1n) is 8.52. The largest absolute Gasteiger partial charge is 0.395 e. The van der Waals surface area contributed by atoms with Gasteiger partial charge in [-0.3, -0.25) is 4.79 Å². The third kappa shape index (κ3) is 4.50. The standard InChI is InChI=1S/C20H20FN3O2S/c1-13-3-2-4-14-11-15(19(26)23-18(13)14)12-24(9-10-25)20(27)22-17-7-5-16(21)6-8-17/h2-8,11,25H,9-10,12H2,1H3,(H,22,27)(H,23,26). The molecule has 5 nitrogen and oxygen atoms in total. The Morgan fingerprint density at radius 3 is 2.70 bits per heavy atom. The molecule has 7 heteroatoms. The van der Waals surface area contributed by atoms with Crippen molar-refractivity contribution in [2.24, 2.45) is 0 Å². The third-order valence-electron chi connectivity index (χ3n) is 4.28. The molecular weight excluding hydrogens is 365 g/mol. The van der Waals surface area contributed by atoms with Crippen LogP contribution in [-0.4, -0.2) is 33.3 Å². The zero-order valence-electron chi connectivity index (χ0n) is 14.8. The molecule has 0 spiro atoms. The van der Waals surface area contributed by atoms with Crippen molar-refractivity contribution in [3.05, 3.63) is 75.8 Å². The second-order valence-corrected chi connectivity index (χ2v) is 6.63. The molecule has 2 aromatic carbocycles. The maximum atomic E-state index is 13.0. The highest BCUT2D eigenvalue weighted by Gasteiger charge is 2.13. The van der Waals surface area contributed by atoms with E-state index >= 15 is 0 Å². The van der Waals surface area contributed by atoms with E-state index in [0.29, 0.717) is 16.4 Å². The summed E-state index contributed by atoms with van der Waals surface area (Å²) >= 11 is 5.41. The van der Waals surface area contributed by atoms with Gasteiger partial charge in [-0.2, -0.15) is 0 Å². The average molecular weight is 385 g/mol. The molecule has 27 heavy (non-hydrogen) atoms. The molecule has 0 amide bonds. The van der Waals surface area contributed by atoms with Crippen LogP contribution in [0.15, 0.2) is 53.3 Å². The summed E-state index contributed by atoms with van der Waals surface area (Å²) in [6.45, 7) is 2.33. The number of benzene rings is 2. The summed E-state index contributed by atoms with van der Waals surface area (Å²) in [6, 6.07) is 13.5. The van der Waals surface area contributed by atoms with Crippen molar-refractivity contribution in [1.82, 2.24) is 9.88 Å². The molecular formula is C20H20FN3O2S. The van der Waals surface area contributed by atoms with Gasteiger partial charge in [0.05, 0.1) is 18.7 Å². The molecule has 0 unspecified atom stereocenters. The summed E-state index contributed by atoms with van der Waals surface area (Å²) in [6.07, 6.45) is 0. The van der Waals surface area contributed by atoms with E-state index < -0.39 is 0 Å². The number of aryl methyl sites for hydroxylation is 1. The number of para-hydroxylation sites is 1. The first-order valence-corrected chi connectivity index (χ1v) is 8.92. The van der Waals surface area contributed by atoms with E-state index in [-0.39, 0.29) is 31.1 Å². The minimum absolute atomic E-state index is 0.115. The number of nitrogens with zero attached hydrogens (tertiary/aromatic N) is 1. The summed E-state index contributed by atoms with van der Waals surface area (Å²) in [5.41, 5.74) is 2.80. The number of aliphatic hydroxyl groups is 1. The van der Waals surface area contributed by atoms with Crippen LogP contribution in [0.1, 0.15) is 11.1 Å². The van der Waals surface area contributed by atoms with Crippen molar-refractivity contribution in [3.8, 4) is 0 Å². The van der Waals surface area contributed by atoms with Crippen molar-refractivity contribution < 1.29 is 9.50 Å². The number of rotatable bonds is 5. The van der Waals surface area contributed by atoms with Gasteiger partial charge >= 0.3 is 0 Å². The maximum Gasteiger partial charge on any atom is 0.253 e. The fraction of sp³-hybridized carbons (Fsp3) is 0.200. The topological polar surface area (TPSA) is 68.4 Å². The fourth-order valence-electron chi connectivity index (χ4n) is 2.86. The Labute approximate surface area is 161 Å². The monoisotopic (exact) mass is 385 g/mol. The van der Waals surface area contributed by atoms with Gasteiger partial charge in [-0.25, -0.2) is 4.39 Å². The number of aliphatic hydroxyl groups excluding tert-OH is 1. The normalized spacial score (nSPS) is 10.8. The van der Waals surface area contributed by atoms with E-state index in [9.17, 15) is 14.3 Å². The number of halogens is 1. The Balaban J connectivity index is 1.84. The molecule has 0 aliphatic rings. The number of aromatic amines is 1. The van der Waals surface area contributed by atoms with Crippen LogP contribution in [0.25, 0.3) is 10.9 Å². The van der Waals surface area contributed by atoms with Crippen LogP contribution >= 0.6 is 12.2 Å². The molecule has 0 atom stereocenters. The smallest absolute Gasteiger partial charge is 0.253 e. The SMILES string of the molecule is Cc1cccc2cc(CN(CCO)C(=S)Nc3ccc(F)cc3)c(=O)[nH]c12. The highest BCUT2D eigenvalue weighted by atomic mass is 32.1. The second-order valence-electron chi connectivity index (χ2n) is 6.25. The number of hydrogen-bond donors (Lipinski definition) is 3. The second kappa shape index (κ2) is 8.28. The van der Waals surface area contributed by atoms with Crippen molar-refractivity contribution in [2.45, 2.75) is 13.5 Å². The van der Waals surface area contributed by atoms with Crippen LogP contribution in [-0.2, 0) is 6.54 Å². The van der Waals surface area contributed by atoms with Gasteiger partial charge < -0.3 is 20.3 Å². The number of pyridine rings is 1. The number of fused-ring (bicyclic) bond motifs is 1. The van der Waals surface area contributed by atoms with E-state index in [4.69, 9.17) is 12.2 Å². The summed E-state index contributed by atoms with van der Waals surface area (Å²) in [4.78, 5) is 17.1. The number of hydrogen-bond acceptors (Lipinski definition) is 3. The lowest BCUT2D eigenvalue weighted by atomic mass is 10.1. The van der Waals surface area contributed by atoms with Crippen molar-refractivity contribution in [1.29, 1.82) is 0 Å². The van der Waals surface area contributed by atoms with Crippen LogP contribution in [0, 0.1) is 12.7 Å². The predicted molar refractivity (Wildman–Crippen MR) is 109 cm³/mol. The molecule has 0 aliphatic heterocycles. The number of nitrogens with one attached hydrogen (secondary N) is 2. The van der Waals surface area contributed by atoms with Crippen LogP contribution in [0.2, 0.25) is 0 Å². The van der Waals surface area contributed by atoms with Gasteiger partial charge in [0.15, 0.2) is 5.11 Å². The Hall–Kier alpha value is -2.77. The van der Waals surface area contributed by atoms with Crippen LogP contribution in [0.5, 0.6) is 0 Å². The number of thiocarbonyl (C=S) groups is 1. The molecule has 1 aromatic heterocycles. The zero-order valence-corrected chi connectivity index (χ0v) is 15.6. The van der Waals surface area contributed by atoms with E-state index in [2.05, 4.69) is 10.3 Å². The molecule has 0 bridgehead atoms. The highest BCUT2D eigenvalue weighted by Crippen LogP contribution is 2.16. The van der Waals surface area contributed by atoms with Crippen molar-refractivity contribution in [3.63, 3.8) is 0 Å². The van der Waals surface area contributed by atoms with E-state index in [0.717, 1.165) is 16.5 Å². The first kappa shape index (κ1) is 19.0. The summed E-state index contributed by atoms with van der Waals surface area (Å²) < 4.78 is 13.0. The molecule has 0 saturated heterocycles. The minimum Gasteiger partial charge on any atom is -0.395 e. The van der Waals surface area contributed by atoms with Crippen LogP contribution in [0.3, 0.4) is 0 Å². The third-order valence-corrected chi connectivity index (χ3v) is 4.64. The van der Waals surface area contributed by atoms with Gasteiger partial charge in [0.25, 0.3) is 5.56 Å². The molecule has 0 saturated carbocycles. The van der Waals surface area contributed by atoms with Gasteiger partial charge in [0, 0.05) is 17.8 Å². The van der Waals surface area contributed by atoms with Crippen molar-refractivity contribution in [2.75, 3.05) is 18.5 Å². The predicted octanol–water partition coefficient (Wildman–Crippen LogP) is 3.17. The molecule has 0 aliphatic carbocycles. The molecule has 3 aromatic rings. The summed E-state index contributed by atoms with van der Waals surface area (Å²) in [5.74, 6) is -0.336. The average Bonchev–Trinajstić information content (AvgIpc) is 2.64. The molecule has 140 valence electrons. The Bertz CT molecular complexity index is 1020. The summed E-state index contributed by atoms with van der Waals surface area (Å²) in [7, 11) is 0. The van der Waals surface area contributed by atoms with Gasteiger partial charge in [-0.15, -0.1) is 0 Å². The highest BCUT2D eigenvalue weighted by molar-refractivity contribution is 7.80. The molecule has 3 N–H and O–H groups in total. The lowest BCUT2D eigenvalue weighted by Gasteiger charge is -2.25. The number of anilines is 1. The van der Waals surface area contributed by atoms with Gasteiger partial charge in [-0.05, 0) is 60.4 Å².